The van der Waals surface area contributed by atoms with Gasteiger partial charge >= 0.3 is 6.18 Å². The number of nitrogens with zero attached hydrogens (tertiary/aromatic N) is 3. The minimum atomic E-state index is -4.73. The molecule has 3 aromatic rings. The summed E-state index contributed by atoms with van der Waals surface area (Å²) in [6.07, 6.45) is -1.57. The van der Waals surface area contributed by atoms with Gasteiger partial charge in [-0.15, -0.1) is 0 Å². The van der Waals surface area contributed by atoms with Crippen LogP contribution in [0.2, 0.25) is 0 Å². The predicted molar refractivity (Wildman–Crippen MR) is 103 cm³/mol. The number of para-hydroxylation sites is 1. The molecule has 3 rings (SSSR count). The molecule has 0 spiro atoms. The molecule has 0 bridgehead atoms. The van der Waals surface area contributed by atoms with Crippen LogP contribution in [-0.2, 0) is 6.18 Å². The van der Waals surface area contributed by atoms with Gasteiger partial charge in [-0.25, -0.2) is 9.37 Å². The van der Waals surface area contributed by atoms with E-state index in [0.717, 1.165) is 18.2 Å². The van der Waals surface area contributed by atoms with E-state index in [1.54, 1.807) is 24.5 Å². The topological polar surface area (TPSA) is 62.7 Å². The Morgan fingerprint density at radius 1 is 0.966 bits per heavy atom. The quantitative estimate of drug-likeness (QED) is 0.549. The average Bonchev–Trinajstić information content (AvgIpc) is 2.61. The molecule has 0 aliphatic carbocycles. The van der Waals surface area contributed by atoms with Crippen LogP contribution in [0.4, 0.5) is 35.0 Å². The fourth-order valence-electron chi connectivity index (χ4n) is 2.58. The monoisotopic (exact) mass is 405 g/mol. The van der Waals surface area contributed by atoms with Gasteiger partial charge in [-0.2, -0.15) is 18.2 Å². The number of halogens is 4. The summed E-state index contributed by atoms with van der Waals surface area (Å²) in [4.78, 5) is 12.7. The number of aromatic nitrogens is 3. The van der Waals surface area contributed by atoms with Gasteiger partial charge in [0.15, 0.2) is 0 Å². The first-order valence-electron chi connectivity index (χ1n) is 8.73. The molecule has 9 heteroatoms. The molecule has 0 aliphatic rings. The zero-order valence-electron chi connectivity index (χ0n) is 16.0. The van der Waals surface area contributed by atoms with Gasteiger partial charge in [0.25, 0.3) is 0 Å². The van der Waals surface area contributed by atoms with E-state index in [1.165, 1.54) is 6.07 Å². The number of hydrogen-bond acceptors (Lipinski definition) is 5. The molecular weight excluding hydrogens is 386 g/mol. The number of hydrogen-bond donors (Lipinski definition) is 2. The van der Waals surface area contributed by atoms with Crippen LogP contribution in [-0.4, -0.2) is 20.5 Å². The molecule has 2 N–H and O–H groups in total. The van der Waals surface area contributed by atoms with Crippen LogP contribution in [0.3, 0.4) is 0 Å². The van der Waals surface area contributed by atoms with E-state index >= 15 is 0 Å². The van der Waals surface area contributed by atoms with Gasteiger partial charge in [0.1, 0.15) is 11.6 Å². The van der Waals surface area contributed by atoms with Gasteiger partial charge in [0, 0.05) is 29.6 Å². The Morgan fingerprint density at radius 3 is 2.34 bits per heavy atom. The van der Waals surface area contributed by atoms with Crippen molar-refractivity contribution in [3.05, 3.63) is 60.2 Å². The number of pyridine rings is 1. The van der Waals surface area contributed by atoms with Crippen molar-refractivity contribution in [1.82, 2.24) is 15.0 Å². The first-order chi connectivity index (χ1) is 13.5. The Hall–Kier alpha value is -3.23. The van der Waals surface area contributed by atoms with Crippen LogP contribution in [0, 0.1) is 5.82 Å². The SMILES string of the molecule is CC(C)(C)Nc1nc(Nc2c(F)cccc2C(F)(F)F)cc(-c2cccnc2)n1. The van der Waals surface area contributed by atoms with Crippen molar-refractivity contribution >= 4 is 17.5 Å². The zero-order valence-corrected chi connectivity index (χ0v) is 16.0. The Bertz CT molecular complexity index is 998. The molecule has 5 nitrogen and oxygen atoms in total. The second-order valence-corrected chi connectivity index (χ2v) is 7.36. The van der Waals surface area contributed by atoms with Crippen LogP contribution >= 0.6 is 0 Å². The maximum Gasteiger partial charge on any atom is 0.418 e. The second-order valence-electron chi connectivity index (χ2n) is 7.36. The van der Waals surface area contributed by atoms with E-state index in [9.17, 15) is 17.6 Å². The lowest BCUT2D eigenvalue weighted by Gasteiger charge is -2.22. The first-order valence-corrected chi connectivity index (χ1v) is 8.73. The predicted octanol–water partition coefficient (Wildman–Crippen LogP) is 5.65. The lowest BCUT2D eigenvalue weighted by molar-refractivity contribution is -0.137. The van der Waals surface area contributed by atoms with E-state index in [1.807, 2.05) is 20.8 Å². The average molecular weight is 405 g/mol. The molecule has 0 unspecified atom stereocenters. The van der Waals surface area contributed by atoms with E-state index in [2.05, 4.69) is 25.6 Å². The Morgan fingerprint density at radius 2 is 1.72 bits per heavy atom. The third kappa shape index (κ3) is 5.18. The van der Waals surface area contributed by atoms with E-state index in [-0.39, 0.29) is 11.8 Å². The third-order valence-corrected chi connectivity index (χ3v) is 3.74. The molecule has 2 aromatic heterocycles. The number of rotatable bonds is 4. The summed E-state index contributed by atoms with van der Waals surface area (Å²) >= 11 is 0. The van der Waals surface area contributed by atoms with Gasteiger partial charge in [-0.1, -0.05) is 6.07 Å². The van der Waals surface area contributed by atoms with E-state index < -0.39 is 28.8 Å². The van der Waals surface area contributed by atoms with Crippen molar-refractivity contribution in [2.45, 2.75) is 32.5 Å². The van der Waals surface area contributed by atoms with Crippen molar-refractivity contribution in [1.29, 1.82) is 0 Å². The minimum absolute atomic E-state index is 0.0150. The first kappa shape index (κ1) is 20.5. The molecule has 29 heavy (non-hydrogen) atoms. The summed E-state index contributed by atoms with van der Waals surface area (Å²) in [6, 6.07) is 7.68. The fraction of sp³-hybridized carbons (Fsp3) is 0.250. The molecule has 0 amide bonds. The summed E-state index contributed by atoms with van der Waals surface area (Å²) in [7, 11) is 0. The van der Waals surface area contributed by atoms with Crippen molar-refractivity contribution in [3.8, 4) is 11.3 Å². The van der Waals surface area contributed by atoms with Crippen molar-refractivity contribution in [3.63, 3.8) is 0 Å². The number of nitrogens with one attached hydrogen (secondary N) is 2. The van der Waals surface area contributed by atoms with Crippen LogP contribution in [0.25, 0.3) is 11.3 Å². The van der Waals surface area contributed by atoms with Crippen molar-refractivity contribution < 1.29 is 17.6 Å². The third-order valence-electron chi connectivity index (χ3n) is 3.74. The van der Waals surface area contributed by atoms with Crippen LogP contribution in [0.1, 0.15) is 26.3 Å². The number of benzene rings is 1. The van der Waals surface area contributed by atoms with Crippen LogP contribution < -0.4 is 10.6 Å². The molecule has 2 heterocycles. The molecular formula is C20H19F4N5. The highest BCUT2D eigenvalue weighted by Crippen LogP contribution is 2.37. The lowest BCUT2D eigenvalue weighted by Crippen LogP contribution is -2.27. The zero-order chi connectivity index (χ0) is 21.2. The standard InChI is InChI=1S/C20H19F4N5/c1-19(2,3)29-18-26-15(12-6-5-9-25-11-12)10-16(28-18)27-17-13(20(22,23)24)7-4-8-14(17)21/h4-11H,1-3H3,(H2,26,27,28,29). The Kier molecular flexibility index (Phi) is 5.41. The Labute approximate surface area is 165 Å². The highest BCUT2D eigenvalue weighted by atomic mass is 19.4. The maximum atomic E-state index is 14.2. The highest BCUT2D eigenvalue weighted by Gasteiger charge is 2.35. The van der Waals surface area contributed by atoms with Crippen molar-refractivity contribution in [2.24, 2.45) is 0 Å². The second kappa shape index (κ2) is 7.65. The van der Waals surface area contributed by atoms with E-state index in [4.69, 9.17) is 0 Å². The van der Waals surface area contributed by atoms with Gasteiger partial charge in [-0.3, -0.25) is 4.98 Å². The molecule has 1 aromatic carbocycles. The molecule has 0 saturated carbocycles. The van der Waals surface area contributed by atoms with Gasteiger partial charge in [0.05, 0.1) is 16.9 Å². The van der Waals surface area contributed by atoms with Crippen LogP contribution in [0.15, 0.2) is 48.8 Å². The minimum Gasteiger partial charge on any atom is -0.350 e. The molecule has 0 radical (unpaired) electrons. The number of anilines is 3. The summed E-state index contributed by atoms with van der Waals surface area (Å²) in [6.45, 7) is 5.66. The summed E-state index contributed by atoms with van der Waals surface area (Å²) in [5.41, 5.74) is -1.16. The Balaban J connectivity index is 2.09. The maximum absolute atomic E-state index is 14.2. The largest absolute Gasteiger partial charge is 0.418 e. The molecule has 0 atom stereocenters. The van der Waals surface area contributed by atoms with Gasteiger partial charge < -0.3 is 10.6 Å². The van der Waals surface area contributed by atoms with Gasteiger partial charge in [0.2, 0.25) is 5.95 Å². The smallest absolute Gasteiger partial charge is 0.350 e. The van der Waals surface area contributed by atoms with E-state index in [0.29, 0.717) is 11.3 Å². The van der Waals surface area contributed by atoms with Crippen molar-refractivity contribution in [2.75, 3.05) is 10.6 Å². The fourth-order valence-corrected chi connectivity index (χ4v) is 2.58. The molecule has 0 aliphatic heterocycles. The summed E-state index contributed by atoms with van der Waals surface area (Å²) in [5, 5.41) is 5.56. The highest BCUT2D eigenvalue weighted by molar-refractivity contribution is 5.69. The molecule has 0 saturated heterocycles. The molecule has 152 valence electrons. The summed E-state index contributed by atoms with van der Waals surface area (Å²) < 4.78 is 54.2. The number of alkyl halides is 3. The van der Waals surface area contributed by atoms with Crippen LogP contribution in [0.5, 0.6) is 0 Å². The lowest BCUT2D eigenvalue weighted by atomic mass is 10.1. The normalized spacial score (nSPS) is 12.0. The summed E-state index contributed by atoms with van der Waals surface area (Å²) in [5.74, 6) is -0.834. The molecule has 0 fully saturated rings. The van der Waals surface area contributed by atoms with Gasteiger partial charge in [-0.05, 0) is 45.0 Å².